The lowest BCUT2D eigenvalue weighted by atomic mass is 9.75. The zero-order valence-electron chi connectivity index (χ0n) is 12.9. The molecule has 0 spiro atoms. The summed E-state index contributed by atoms with van der Waals surface area (Å²) < 4.78 is 81.7. The lowest BCUT2D eigenvalue weighted by Crippen LogP contribution is -2.40. The molecule has 1 nitrogen and oxygen atoms in total. The summed E-state index contributed by atoms with van der Waals surface area (Å²) in [6, 6.07) is 0. The highest BCUT2D eigenvalue weighted by Gasteiger charge is 2.42. The Balaban J connectivity index is 2.70. The first-order chi connectivity index (χ1) is 10.2. The summed E-state index contributed by atoms with van der Waals surface area (Å²) in [4.78, 5) is 0. The number of rotatable bonds is 7. The van der Waals surface area contributed by atoms with Crippen LogP contribution in [0.5, 0.6) is 0 Å². The molecule has 0 aliphatic heterocycles. The predicted molar refractivity (Wildman–Crippen MR) is 71.6 cm³/mol. The molecule has 7 heteroatoms. The van der Waals surface area contributed by atoms with Crippen molar-refractivity contribution >= 4 is 0 Å². The van der Waals surface area contributed by atoms with E-state index in [4.69, 9.17) is 0 Å². The van der Waals surface area contributed by atoms with Crippen molar-refractivity contribution in [3.63, 3.8) is 0 Å². The number of hydrogen-bond acceptors (Lipinski definition) is 1. The monoisotopic (exact) mass is 334 g/mol. The fourth-order valence-electron chi connectivity index (χ4n) is 3.32. The van der Waals surface area contributed by atoms with Crippen LogP contribution in [0, 0.1) is 11.8 Å². The molecule has 6 unspecified atom stereocenters. The maximum atomic E-state index is 14.2. The Morgan fingerprint density at radius 3 is 2.18 bits per heavy atom. The van der Waals surface area contributed by atoms with E-state index in [0.29, 0.717) is 19.3 Å². The highest BCUT2D eigenvalue weighted by molar-refractivity contribution is 4.85. The quantitative estimate of drug-likeness (QED) is 0.556. The third-order valence-corrected chi connectivity index (χ3v) is 4.47. The Morgan fingerprint density at radius 2 is 1.73 bits per heavy atom. The van der Waals surface area contributed by atoms with Crippen LogP contribution in [-0.2, 0) is 4.74 Å². The molecule has 132 valence electrons. The zero-order valence-corrected chi connectivity index (χ0v) is 12.9. The highest BCUT2D eigenvalue weighted by atomic mass is 19.4. The first-order valence-corrected chi connectivity index (χ1v) is 7.82. The first-order valence-electron chi connectivity index (χ1n) is 7.82. The minimum Gasteiger partial charge on any atom is -0.282 e. The van der Waals surface area contributed by atoms with Crippen LogP contribution in [0.1, 0.15) is 52.4 Å². The first kappa shape index (κ1) is 19.6. The van der Waals surface area contributed by atoms with E-state index in [1.54, 1.807) is 6.92 Å². The maximum Gasteiger partial charge on any atom is 0.522 e. The Bertz CT molecular complexity index is 320. The molecule has 6 atom stereocenters. The van der Waals surface area contributed by atoms with Crippen LogP contribution in [0.2, 0.25) is 0 Å². The summed E-state index contributed by atoms with van der Waals surface area (Å²) in [5.74, 6) is -0.762. The summed E-state index contributed by atoms with van der Waals surface area (Å²) in [5.41, 5.74) is 0. The summed E-state index contributed by atoms with van der Waals surface area (Å²) in [7, 11) is 0. The van der Waals surface area contributed by atoms with Crippen molar-refractivity contribution in [2.45, 2.75) is 83.4 Å². The molecule has 1 aliphatic carbocycles. The third-order valence-electron chi connectivity index (χ3n) is 4.47. The topological polar surface area (TPSA) is 9.23 Å². The molecule has 22 heavy (non-hydrogen) atoms. The number of alkyl halides is 6. The molecule has 0 N–H and O–H groups in total. The van der Waals surface area contributed by atoms with Gasteiger partial charge in [0.25, 0.3) is 0 Å². The number of hydrogen-bond donors (Lipinski definition) is 0. The van der Waals surface area contributed by atoms with Gasteiger partial charge in [0.15, 0.2) is 0 Å². The fraction of sp³-hybridized carbons (Fsp3) is 1.00. The van der Waals surface area contributed by atoms with Gasteiger partial charge in [-0.25, -0.2) is 13.2 Å². The van der Waals surface area contributed by atoms with Crippen molar-refractivity contribution in [3.8, 4) is 0 Å². The zero-order chi connectivity index (χ0) is 16.9. The minimum absolute atomic E-state index is 0.309. The summed E-state index contributed by atoms with van der Waals surface area (Å²) in [5, 5.41) is 0. The molecule has 0 saturated heterocycles. The molecule has 1 rings (SSSR count). The molecule has 0 radical (unpaired) electrons. The van der Waals surface area contributed by atoms with Crippen molar-refractivity contribution in [2.75, 3.05) is 0 Å². The van der Waals surface area contributed by atoms with Gasteiger partial charge in [-0.3, -0.25) is 4.74 Å². The van der Waals surface area contributed by atoms with E-state index >= 15 is 0 Å². The van der Waals surface area contributed by atoms with Crippen molar-refractivity contribution < 1.29 is 31.1 Å². The van der Waals surface area contributed by atoms with Crippen LogP contribution in [0.4, 0.5) is 26.3 Å². The van der Waals surface area contributed by atoms with Gasteiger partial charge in [-0.15, -0.1) is 13.2 Å². The second-order valence-electron chi connectivity index (χ2n) is 6.09. The smallest absolute Gasteiger partial charge is 0.282 e. The predicted octanol–water partition coefficient (Wildman–Crippen LogP) is 5.53. The molecular weight excluding hydrogens is 310 g/mol. The van der Waals surface area contributed by atoms with Crippen molar-refractivity contribution in [1.29, 1.82) is 0 Å². The van der Waals surface area contributed by atoms with Crippen LogP contribution in [-0.4, -0.2) is 31.0 Å². The van der Waals surface area contributed by atoms with Crippen LogP contribution in [0.15, 0.2) is 0 Å². The summed E-state index contributed by atoms with van der Waals surface area (Å²) in [6.07, 6.45) is -9.81. The van der Waals surface area contributed by atoms with Crippen molar-refractivity contribution in [3.05, 3.63) is 0 Å². The van der Waals surface area contributed by atoms with E-state index in [1.165, 1.54) is 0 Å². The van der Waals surface area contributed by atoms with E-state index < -0.39 is 36.9 Å². The maximum absolute atomic E-state index is 14.2. The Kier molecular flexibility index (Phi) is 7.49. The Labute approximate surface area is 127 Å². The molecular formula is C15H24F6O. The average Bonchev–Trinajstić information content (AvgIpc) is 2.41. The van der Waals surface area contributed by atoms with Gasteiger partial charge in [-0.05, 0) is 38.0 Å². The van der Waals surface area contributed by atoms with Crippen molar-refractivity contribution in [1.82, 2.24) is 0 Å². The normalized spacial score (nSPS) is 28.9. The molecule has 1 aliphatic rings. The van der Waals surface area contributed by atoms with Crippen LogP contribution >= 0.6 is 0 Å². The molecule has 0 heterocycles. The molecule has 0 aromatic heterocycles. The second kappa shape index (κ2) is 8.41. The van der Waals surface area contributed by atoms with E-state index in [2.05, 4.69) is 4.74 Å². The van der Waals surface area contributed by atoms with E-state index in [0.717, 1.165) is 19.8 Å². The molecule has 0 bridgehead atoms. The van der Waals surface area contributed by atoms with E-state index in [-0.39, 0.29) is 12.3 Å². The highest BCUT2D eigenvalue weighted by Crippen LogP contribution is 2.38. The van der Waals surface area contributed by atoms with Gasteiger partial charge in [0.1, 0.15) is 24.6 Å². The Hall–Kier alpha value is -0.460. The van der Waals surface area contributed by atoms with Gasteiger partial charge >= 0.3 is 6.36 Å². The van der Waals surface area contributed by atoms with Crippen LogP contribution < -0.4 is 0 Å². The van der Waals surface area contributed by atoms with Gasteiger partial charge in [-0.2, -0.15) is 0 Å². The number of halogens is 6. The SMILES string of the molecule is CCC(CC(F)C(OC(F)(F)F)C(C)F)C1CCCCC1F. The van der Waals surface area contributed by atoms with E-state index in [9.17, 15) is 26.3 Å². The third kappa shape index (κ3) is 5.97. The molecule has 1 fully saturated rings. The molecule has 0 aromatic rings. The Morgan fingerprint density at radius 1 is 1.14 bits per heavy atom. The van der Waals surface area contributed by atoms with Crippen molar-refractivity contribution in [2.24, 2.45) is 11.8 Å². The lowest BCUT2D eigenvalue weighted by molar-refractivity contribution is -0.354. The minimum atomic E-state index is -5.09. The van der Waals surface area contributed by atoms with Gasteiger partial charge in [0.2, 0.25) is 0 Å². The molecule has 0 aromatic carbocycles. The molecule has 0 amide bonds. The summed E-state index contributed by atoms with van der Waals surface area (Å²) >= 11 is 0. The van der Waals surface area contributed by atoms with Crippen LogP contribution in [0.3, 0.4) is 0 Å². The van der Waals surface area contributed by atoms with E-state index in [1.807, 2.05) is 0 Å². The standard InChI is InChI=1S/C15H24F6O/c1-3-10(11-6-4-5-7-12(11)17)8-13(18)14(9(2)16)22-15(19,20)21/h9-14H,3-8H2,1-2H3. The van der Waals surface area contributed by atoms with Gasteiger partial charge in [0, 0.05) is 0 Å². The average molecular weight is 334 g/mol. The summed E-state index contributed by atoms with van der Waals surface area (Å²) in [6.45, 7) is 2.58. The lowest BCUT2D eigenvalue weighted by Gasteiger charge is -2.34. The largest absolute Gasteiger partial charge is 0.522 e. The van der Waals surface area contributed by atoms with Gasteiger partial charge in [0.05, 0.1) is 0 Å². The van der Waals surface area contributed by atoms with Gasteiger partial charge < -0.3 is 0 Å². The van der Waals surface area contributed by atoms with Gasteiger partial charge in [-0.1, -0.05) is 26.2 Å². The number of ether oxygens (including phenoxy) is 1. The molecule has 1 saturated carbocycles. The second-order valence-corrected chi connectivity index (χ2v) is 6.09. The fourth-order valence-corrected chi connectivity index (χ4v) is 3.32. The van der Waals surface area contributed by atoms with Crippen LogP contribution in [0.25, 0.3) is 0 Å².